The third-order valence-electron chi connectivity index (χ3n) is 3.79. The van der Waals surface area contributed by atoms with Crippen molar-refractivity contribution in [2.24, 2.45) is 5.14 Å². The Kier molecular flexibility index (Phi) is 3.86. The Morgan fingerprint density at radius 1 is 1.04 bits per heavy atom. The molecule has 0 bridgehead atoms. The maximum Gasteiger partial charge on any atom is 0.238 e. The predicted molar refractivity (Wildman–Crippen MR) is 98.2 cm³/mol. The van der Waals surface area contributed by atoms with Crippen LogP contribution in [0.2, 0.25) is 0 Å². The maximum atomic E-state index is 11.5. The lowest BCUT2D eigenvalue weighted by Gasteiger charge is -2.08. The number of nitrogens with one attached hydrogen (secondary N) is 2. The number of nitrogens with two attached hydrogens (primary N) is 1. The first-order valence-corrected chi connectivity index (χ1v) is 9.20. The van der Waals surface area contributed by atoms with E-state index in [2.05, 4.69) is 25.3 Å². The van der Waals surface area contributed by atoms with Crippen LogP contribution in [0, 0.1) is 0 Å². The zero-order chi connectivity index (χ0) is 18.1. The van der Waals surface area contributed by atoms with Gasteiger partial charge in [-0.1, -0.05) is 12.1 Å². The number of fused-ring (bicyclic) bond motifs is 1. The summed E-state index contributed by atoms with van der Waals surface area (Å²) in [6.45, 7) is 0. The van der Waals surface area contributed by atoms with Gasteiger partial charge in [0.1, 0.15) is 0 Å². The van der Waals surface area contributed by atoms with Crippen molar-refractivity contribution in [1.29, 1.82) is 0 Å². The number of nitrogens with zero attached hydrogens (tertiary/aromatic N) is 3. The highest BCUT2D eigenvalue weighted by atomic mass is 32.2. The van der Waals surface area contributed by atoms with Crippen LogP contribution in [0.4, 0.5) is 11.6 Å². The molecule has 0 spiro atoms. The lowest BCUT2D eigenvalue weighted by molar-refractivity contribution is 0.598. The second kappa shape index (κ2) is 6.21. The number of aromatic amines is 1. The molecule has 0 aliphatic rings. The van der Waals surface area contributed by atoms with Crippen LogP contribution in [0.5, 0.6) is 0 Å². The van der Waals surface area contributed by atoms with Gasteiger partial charge in [0, 0.05) is 17.4 Å². The average Bonchev–Trinajstić information content (AvgIpc) is 3.09. The first-order valence-electron chi connectivity index (χ1n) is 7.65. The minimum Gasteiger partial charge on any atom is -0.345 e. The minimum absolute atomic E-state index is 0.0163. The fraction of sp³-hybridized carbons (Fsp3) is 0. The SMILES string of the molecule is NS(=O)(=O)c1cccc(Nc2nccc(-c3ccc4[nH]cnc4c3)n2)c1. The molecule has 4 N–H and O–H groups in total. The molecule has 0 amide bonds. The Balaban J connectivity index is 1.66. The van der Waals surface area contributed by atoms with Gasteiger partial charge in [0.25, 0.3) is 0 Å². The number of anilines is 2. The number of hydrogen-bond acceptors (Lipinski definition) is 6. The van der Waals surface area contributed by atoms with E-state index in [1.54, 1.807) is 30.7 Å². The van der Waals surface area contributed by atoms with Gasteiger partial charge in [-0.05, 0) is 36.4 Å². The van der Waals surface area contributed by atoms with Crippen molar-refractivity contribution >= 4 is 32.7 Å². The predicted octanol–water partition coefficient (Wildman–Crippen LogP) is 2.41. The first-order chi connectivity index (χ1) is 12.5. The molecule has 0 unspecified atom stereocenters. The van der Waals surface area contributed by atoms with E-state index in [0.717, 1.165) is 22.3 Å². The maximum absolute atomic E-state index is 11.5. The fourth-order valence-corrected chi connectivity index (χ4v) is 3.11. The summed E-state index contributed by atoms with van der Waals surface area (Å²) in [5.74, 6) is 0.344. The molecule has 0 atom stereocenters. The van der Waals surface area contributed by atoms with Crippen LogP contribution in [0.1, 0.15) is 0 Å². The van der Waals surface area contributed by atoms with Crippen molar-refractivity contribution < 1.29 is 8.42 Å². The van der Waals surface area contributed by atoms with Crippen molar-refractivity contribution in [2.45, 2.75) is 4.90 Å². The van der Waals surface area contributed by atoms with E-state index >= 15 is 0 Å². The minimum atomic E-state index is -3.77. The van der Waals surface area contributed by atoms with Gasteiger partial charge < -0.3 is 10.3 Å². The molecular weight excluding hydrogens is 352 g/mol. The Bertz CT molecular complexity index is 1200. The van der Waals surface area contributed by atoms with E-state index < -0.39 is 10.0 Å². The average molecular weight is 366 g/mol. The van der Waals surface area contributed by atoms with E-state index in [1.807, 2.05) is 18.2 Å². The van der Waals surface area contributed by atoms with Crippen LogP contribution in [-0.2, 0) is 10.0 Å². The summed E-state index contributed by atoms with van der Waals surface area (Å²) in [6.07, 6.45) is 3.27. The van der Waals surface area contributed by atoms with Gasteiger partial charge in [0.2, 0.25) is 16.0 Å². The van der Waals surface area contributed by atoms with Crippen molar-refractivity contribution in [3.63, 3.8) is 0 Å². The van der Waals surface area contributed by atoms with Crippen molar-refractivity contribution in [3.8, 4) is 11.3 Å². The molecule has 0 fully saturated rings. The van der Waals surface area contributed by atoms with Crippen molar-refractivity contribution in [3.05, 3.63) is 61.1 Å². The van der Waals surface area contributed by atoms with E-state index in [1.165, 1.54) is 12.1 Å². The molecule has 0 radical (unpaired) electrons. The molecular formula is C17H14N6O2S. The van der Waals surface area contributed by atoms with Crippen LogP contribution in [0.15, 0.2) is 66.0 Å². The smallest absolute Gasteiger partial charge is 0.238 e. The molecule has 2 aromatic heterocycles. The molecule has 2 aromatic carbocycles. The summed E-state index contributed by atoms with van der Waals surface area (Å²) in [5, 5.41) is 8.16. The summed E-state index contributed by atoms with van der Waals surface area (Å²) < 4.78 is 22.9. The van der Waals surface area contributed by atoms with E-state index in [4.69, 9.17) is 5.14 Å². The second-order valence-electron chi connectivity index (χ2n) is 5.60. The first kappa shape index (κ1) is 16.2. The molecule has 0 saturated carbocycles. The number of hydrogen-bond donors (Lipinski definition) is 3. The normalized spacial score (nSPS) is 11.6. The quantitative estimate of drug-likeness (QED) is 0.509. The number of H-pyrrole nitrogens is 1. The highest BCUT2D eigenvalue weighted by Gasteiger charge is 2.09. The van der Waals surface area contributed by atoms with E-state index in [-0.39, 0.29) is 4.90 Å². The largest absolute Gasteiger partial charge is 0.345 e. The Hall–Kier alpha value is -3.30. The van der Waals surface area contributed by atoms with Gasteiger partial charge in [-0.15, -0.1) is 0 Å². The summed E-state index contributed by atoms with van der Waals surface area (Å²) in [4.78, 5) is 16.0. The highest BCUT2D eigenvalue weighted by Crippen LogP contribution is 2.23. The Morgan fingerprint density at radius 2 is 1.92 bits per heavy atom. The molecule has 26 heavy (non-hydrogen) atoms. The van der Waals surface area contributed by atoms with Gasteiger partial charge in [-0.3, -0.25) is 0 Å². The lowest BCUT2D eigenvalue weighted by Crippen LogP contribution is -2.12. The number of aromatic nitrogens is 4. The molecule has 9 heteroatoms. The highest BCUT2D eigenvalue weighted by molar-refractivity contribution is 7.89. The summed E-state index contributed by atoms with van der Waals surface area (Å²) >= 11 is 0. The van der Waals surface area contributed by atoms with E-state index in [9.17, 15) is 8.42 Å². The van der Waals surface area contributed by atoms with Gasteiger partial charge in [-0.2, -0.15) is 0 Å². The molecule has 8 nitrogen and oxygen atoms in total. The number of primary sulfonamides is 1. The molecule has 0 aliphatic carbocycles. The zero-order valence-corrected chi connectivity index (χ0v) is 14.2. The fourth-order valence-electron chi connectivity index (χ4n) is 2.55. The van der Waals surface area contributed by atoms with Gasteiger partial charge in [0.05, 0.1) is 28.0 Å². The molecule has 4 rings (SSSR count). The molecule has 4 aromatic rings. The van der Waals surface area contributed by atoms with Gasteiger partial charge >= 0.3 is 0 Å². The zero-order valence-electron chi connectivity index (χ0n) is 13.4. The van der Waals surface area contributed by atoms with Gasteiger partial charge in [0.15, 0.2) is 0 Å². The number of benzene rings is 2. The van der Waals surface area contributed by atoms with Crippen molar-refractivity contribution in [2.75, 3.05) is 5.32 Å². The molecule has 130 valence electrons. The lowest BCUT2D eigenvalue weighted by atomic mass is 10.1. The standard InChI is InChI=1S/C17H14N6O2S/c18-26(24,25)13-3-1-2-12(9-13)22-17-19-7-6-14(23-17)11-4-5-15-16(8-11)21-10-20-15/h1-10H,(H,20,21)(H2,18,24,25)(H,19,22,23). The third kappa shape index (κ3) is 3.25. The third-order valence-corrected chi connectivity index (χ3v) is 4.70. The number of rotatable bonds is 4. The van der Waals surface area contributed by atoms with Crippen LogP contribution >= 0.6 is 0 Å². The van der Waals surface area contributed by atoms with E-state index in [0.29, 0.717) is 11.6 Å². The molecule has 0 saturated heterocycles. The summed E-state index contributed by atoms with van der Waals surface area (Å²) in [5.41, 5.74) is 3.93. The van der Waals surface area contributed by atoms with Crippen LogP contribution in [0.3, 0.4) is 0 Å². The number of imidazole rings is 1. The molecule has 2 heterocycles. The van der Waals surface area contributed by atoms with Crippen molar-refractivity contribution in [1.82, 2.24) is 19.9 Å². The second-order valence-corrected chi connectivity index (χ2v) is 7.16. The Labute approximate surface area is 149 Å². The van der Waals surface area contributed by atoms with Crippen LogP contribution < -0.4 is 10.5 Å². The Morgan fingerprint density at radius 3 is 2.77 bits per heavy atom. The topological polar surface area (TPSA) is 127 Å². The van der Waals surface area contributed by atoms with Crippen LogP contribution in [-0.4, -0.2) is 28.4 Å². The monoisotopic (exact) mass is 366 g/mol. The number of sulfonamides is 1. The summed E-state index contributed by atoms with van der Waals surface area (Å²) in [7, 11) is -3.77. The van der Waals surface area contributed by atoms with Crippen LogP contribution in [0.25, 0.3) is 22.3 Å². The van der Waals surface area contributed by atoms with Gasteiger partial charge in [-0.25, -0.2) is 28.5 Å². The summed E-state index contributed by atoms with van der Waals surface area (Å²) in [6, 6.07) is 13.8. The molecule has 0 aliphatic heterocycles.